The number of carbonyl (C=O) groups excluding carboxylic acids is 1. The zero-order chi connectivity index (χ0) is 22.9. The van der Waals surface area contributed by atoms with E-state index in [2.05, 4.69) is 30.2 Å². The molecule has 0 unspecified atom stereocenters. The molecule has 1 aliphatic rings. The SMILES string of the molecule is COc1cnc(C)cc1-c1cc(C)ncc1C(=O)Nc1nc2ncc(OCC3CC3)nc2s1. The topological polar surface area (TPSA) is 112 Å². The average molecular weight is 463 g/mol. The normalized spacial score (nSPS) is 13.2. The van der Waals surface area contributed by atoms with E-state index in [0.717, 1.165) is 17.0 Å². The highest BCUT2D eigenvalue weighted by molar-refractivity contribution is 7.21. The van der Waals surface area contributed by atoms with Gasteiger partial charge in [0, 0.05) is 28.7 Å². The van der Waals surface area contributed by atoms with Crippen LogP contribution in [-0.4, -0.2) is 44.5 Å². The Hall–Kier alpha value is -3.66. The first kappa shape index (κ1) is 21.2. The Labute approximate surface area is 194 Å². The zero-order valence-corrected chi connectivity index (χ0v) is 19.3. The summed E-state index contributed by atoms with van der Waals surface area (Å²) in [6, 6.07) is 3.75. The van der Waals surface area contributed by atoms with Gasteiger partial charge in [-0.2, -0.15) is 9.97 Å². The molecule has 168 valence electrons. The second-order valence-corrected chi connectivity index (χ2v) is 8.94. The fraction of sp³-hybridized carbons (Fsp3) is 0.304. The lowest BCUT2D eigenvalue weighted by atomic mass is 9.99. The Kier molecular flexibility index (Phi) is 5.59. The number of hydrogen-bond donors (Lipinski definition) is 1. The summed E-state index contributed by atoms with van der Waals surface area (Å²) in [4.78, 5) is 35.6. The second-order valence-electron chi connectivity index (χ2n) is 7.96. The number of aromatic nitrogens is 5. The first-order valence-corrected chi connectivity index (χ1v) is 11.4. The van der Waals surface area contributed by atoms with Crippen LogP contribution in [0.15, 0.2) is 30.7 Å². The van der Waals surface area contributed by atoms with Crippen LogP contribution in [0.25, 0.3) is 21.6 Å². The maximum Gasteiger partial charge on any atom is 0.259 e. The van der Waals surface area contributed by atoms with Crippen LogP contribution < -0.4 is 14.8 Å². The van der Waals surface area contributed by atoms with Crippen LogP contribution in [0.4, 0.5) is 5.13 Å². The van der Waals surface area contributed by atoms with Gasteiger partial charge in [0.1, 0.15) is 5.75 Å². The number of thiazole rings is 1. The summed E-state index contributed by atoms with van der Waals surface area (Å²) >= 11 is 1.25. The number of rotatable bonds is 7. The van der Waals surface area contributed by atoms with Crippen molar-refractivity contribution >= 4 is 32.9 Å². The van der Waals surface area contributed by atoms with Gasteiger partial charge in [0.2, 0.25) is 5.88 Å². The third-order valence-corrected chi connectivity index (χ3v) is 6.14. The van der Waals surface area contributed by atoms with E-state index in [1.165, 1.54) is 24.2 Å². The lowest BCUT2D eigenvalue weighted by Gasteiger charge is -2.13. The van der Waals surface area contributed by atoms with Crippen LogP contribution in [-0.2, 0) is 0 Å². The molecule has 4 heterocycles. The van der Waals surface area contributed by atoms with Crippen LogP contribution >= 0.6 is 11.3 Å². The van der Waals surface area contributed by atoms with E-state index in [-0.39, 0.29) is 5.91 Å². The van der Waals surface area contributed by atoms with Gasteiger partial charge >= 0.3 is 0 Å². The van der Waals surface area contributed by atoms with E-state index in [1.54, 1.807) is 25.7 Å². The molecule has 5 rings (SSSR count). The molecule has 0 aliphatic heterocycles. The highest BCUT2D eigenvalue weighted by Gasteiger charge is 2.23. The summed E-state index contributed by atoms with van der Waals surface area (Å²) in [7, 11) is 1.58. The summed E-state index contributed by atoms with van der Waals surface area (Å²) in [5, 5.41) is 3.26. The molecule has 1 amide bonds. The third-order valence-electron chi connectivity index (χ3n) is 5.28. The number of methoxy groups -OCH3 is 1. The van der Waals surface area contributed by atoms with Crippen LogP contribution in [0.1, 0.15) is 34.6 Å². The van der Waals surface area contributed by atoms with Gasteiger partial charge in [-0.25, -0.2) is 4.98 Å². The zero-order valence-electron chi connectivity index (χ0n) is 18.5. The largest absolute Gasteiger partial charge is 0.494 e. The number of amides is 1. The molecule has 0 atom stereocenters. The van der Waals surface area contributed by atoms with E-state index in [9.17, 15) is 4.79 Å². The lowest BCUT2D eigenvalue weighted by molar-refractivity contribution is 0.102. The maximum atomic E-state index is 13.2. The summed E-state index contributed by atoms with van der Waals surface area (Å²) in [6.45, 7) is 4.42. The molecule has 0 radical (unpaired) electrons. The first-order valence-electron chi connectivity index (χ1n) is 10.6. The fourth-order valence-corrected chi connectivity index (χ4v) is 4.15. The number of nitrogens with one attached hydrogen (secondary N) is 1. The maximum absolute atomic E-state index is 13.2. The fourth-order valence-electron chi connectivity index (χ4n) is 3.37. The molecular formula is C23H22N6O3S. The van der Waals surface area contributed by atoms with Crippen LogP contribution in [0, 0.1) is 19.8 Å². The smallest absolute Gasteiger partial charge is 0.259 e. The van der Waals surface area contributed by atoms with Gasteiger partial charge in [-0.1, -0.05) is 11.3 Å². The van der Waals surface area contributed by atoms with E-state index < -0.39 is 0 Å². The van der Waals surface area contributed by atoms with Crippen molar-refractivity contribution in [2.75, 3.05) is 19.0 Å². The monoisotopic (exact) mass is 462 g/mol. The summed E-state index contributed by atoms with van der Waals surface area (Å²) in [5.74, 6) is 1.34. The third kappa shape index (κ3) is 4.61. The quantitative estimate of drug-likeness (QED) is 0.435. The Morgan fingerprint density at radius 2 is 1.82 bits per heavy atom. The molecule has 0 spiro atoms. The van der Waals surface area contributed by atoms with Crippen molar-refractivity contribution in [3.05, 3.63) is 47.7 Å². The molecule has 0 saturated heterocycles. The van der Waals surface area contributed by atoms with E-state index >= 15 is 0 Å². The number of pyridine rings is 2. The predicted octanol–water partition coefficient (Wildman–Crippen LogP) is 4.21. The van der Waals surface area contributed by atoms with Gasteiger partial charge < -0.3 is 9.47 Å². The number of nitrogens with zero attached hydrogens (tertiary/aromatic N) is 5. The van der Waals surface area contributed by atoms with Crippen molar-refractivity contribution in [3.63, 3.8) is 0 Å². The van der Waals surface area contributed by atoms with Gasteiger partial charge in [-0.05, 0) is 44.7 Å². The van der Waals surface area contributed by atoms with Gasteiger partial charge in [0.05, 0.1) is 31.7 Å². The second kappa shape index (κ2) is 8.70. The average Bonchev–Trinajstić information content (AvgIpc) is 3.55. The van der Waals surface area contributed by atoms with E-state index in [0.29, 0.717) is 50.9 Å². The minimum Gasteiger partial charge on any atom is -0.494 e. The number of hydrogen-bond acceptors (Lipinski definition) is 9. The number of aryl methyl sites for hydroxylation is 2. The summed E-state index contributed by atoms with van der Waals surface area (Å²) in [6.07, 6.45) is 7.18. The Bertz CT molecular complexity index is 1350. The van der Waals surface area contributed by atoms with Crippen molar-refractivity contribution in [3.8, 4) is 22.8 Å². The van der Waals surface area contributed by atoms with Crippen molar-refractivity contribution in [2.24, 2.45) is 5.92 Å². The molecule has 1 saturated carbocycles. The highest BCUT2D eigenvalue weighted by atomic mass is 32.1. The molecule has 4 aromatic rings. The molecule has 1 aliphatic carbocycles. The Morgan fingerprint density at radius 3 is 2.58 bits per heavy atom. The predicted molar refractivity (Wildman–Crippen MR) is 125 cm³/mol. The Balaban J connectivity index is 1.43. The number of fused-ring (bicyclic) bond motifs is 1. The number of carbonyl (C=O) groups is 1. The van der Waals surface area contributed by atoms with Gasteiger partial charge in [0.15, 0.2) is 15.6 Å². The molecule has 1 fully saturated rings. The molecule has 1 N–H and O–H groups in total. The minimum absolute atomic E-state index is 0.335. The summed E-state index contributed by atoms with van der Waals surface area (Å²) < 4.78 is 11.2. The van der Waals surface area contributed by atoms with Crippen molar-refractivity contribution in [2.45, 2.75) is 26.7 Å². The Morgan fingerprint density at radius 1 is 1.06 bits per heavy atom. The molecule has 0 bridgehead atoms. The summed E-state index contributed by atoms with van der Waals surface area (Å²) in [5.41, 5.74) is 3.93. The van der Waals surface area contributed by atoms with Crippen molar-refractivity contribution in [1.82, 2.24) is 24.9 Å². The molecule has 0 aromatic carbocycles. The minimum atomic E-state index is -0.335. The number of ether oxygens (including phenoxy) is 2. The molecule has 33 heavy (non-hydrogen) atoms. The van der Waals surface area contributed by atoms with Gasteiger partial charge in [-0.15, -0.1) is 0 Å². The van der Waals surface area contributed by atoms with Crippen LogP contribution in [0.2, 0.25) is 0 Å². The molecule has 10 heteroatoms. The number of anilines is 1. The molecule has 9 nitrogen and oxygen atoms in total. The van der Waals surface area contributed by atoms with Crippen molar-refractivity contribution < 1.29 is 14.3 Å². The van der Waals surface area contributed by atoms with Gasteiger partial charge in [0.25, 0.3) is 5.91 Å². The van der Waals surface area contributed by atoms with E-state index in [4.69, 9.17) is 9.47 Å². The molecule has 4 aromatic heterocycles. The van der Waals surface area contributed by atoms with Crippen molar-refractivity contribution in [1.29, 1.82) is 0 Å². The first-order chi connectivity index (χ1) is 16.0. The van der Waals surface area contributed by atoms with Gasteiger partial charge in [-0.3, -0.25) is 20.1 Å². The van der Waals surface area contributed by atoms with Crippen LogP contribution in [0.5, 0.6) is 11.6 Å². The van der Waals surface area contributed by atoms with Crippen LogP contribution in [0.3, 0.4) is 0 Å². The highest BCUT2D eigenvalue weighted by Crippen LogP contribution is 2.34. The lowest BCUT2D eigenvalue weighted by Crippen LogP contribution is -2.14. The van der Waals surface area contributed by atoms with E-state index in [1.807, 2.05) is 26.0 Å². The molecular weight excluding hydrogens is 440 g/mol. The standard InChI is InChI=1S/C23H22N6O3S/c1-12-6-15(16-7-13(2)25-9-18(16)31-3)17(8-24-12)21(30)29-23-28-20-22(33-23)27-19(10-26-20)32-11-14-4-5-14/h6-10,14H,4-5,11H2,1-3H3,(H,26,28,29,30).